The summed E-state index contributed by atoms with van der Waals surface area (Å²) in [7, 11) is 0. The summed E-state index contributed by atoms with van der Waals surface area (Å²) in [6, 6.07) is 6.94. The van der Waals surface area contributed by atoms with E-state index in [4.69, 9.17) is 21.1 Å². The molecule has 0 heterocycles. The van der Waals surface area contributed by atoms with Crippen molar-refractivity contribution in [2.24, 2.45) is 11.8 Å². The Labute approximate surface area is 195 Å². The largest absolute Gasteiger partial charge is 0.491 e. The van der Waals surface area contributed by atoms with Crippen LogP contribution in [-0.2, 0) is 9.53 Å². The average Bonchev–Trinajstić information content (AvgIpc) is 2.99. The first-order chi connectivity index (χ1) is 15.3. The molecule has 32 heavy (non-hydrogen) atoms. The number of carbonyl (C=O) groups is 1. The van der Waals surface area contributed by atoms with E-state index in [1.165, 1.54) is 0 Å². The van der Waals surface area contributed by atoms with Gasteiger partial charge in [-0.1, -0.05) is 42.0 Å². The Bertz CT molecular complexity index is 763. The van der Waals surface area contributed by atoms with Crippen LogP contribution in [0.4, 0.5) is 0 Å². The number of hydrogen-bond acceptors (Lipinski definition) is 6. The standard InChI is InChI=1S/C25H35ClO6/c1-17(2)32-25(30)11-6-4-3-5-10-21-22(24(29)15-23(21)28)13-12-19(27)16-31-20-9-7-8-18(26)14-20/h3,5,7-9,12-14,17,19,21-24,27-29H,4,6,10-11,15-16H2,1-2H3/b5-3-,13-12+/t19-,21-,22-,23+,24-/m1/s1. The Hall–Kier alpha value is -1.86. The Morgan fingerprint density at radius 3 is 2.75 bits per heavy atom. The van der Waals surface area contributed by atoms with Crippen molar-refractivity contribution in [2.75, 3.05) is 6.61 Å². The molecule has 1 aliphatic rings. The highest BCUT2D eigenvalue weighted by Gasteiger charge is 2.39. The number of rotatable bonds is 12. The van der Waals surface area contributed by atoms with Crippen molar-refractivity contribution in [3.05, 3.63) is 53.6 Å². The number of aliphatic hydroxyl groups excluding tert-OH is 3. The van der Waals surface area contributed by atoms with Gasteiger partial charge in [0.1, 0.15) is 18.5 Å². The predicted octanol–water partition coefficient (Wildman–Crippen LogP) is 4.06. The van der Waals surface area contributed by atoms with E-state index in [-0.39, 0.29) is 30.5 Å². The van der Waals surface area contributed by atoms with Crippen molar-refractivity contribution in [3.8, 4) is 5.75 Å². The van der Waals surface area contributed by atoms with Gasteiger partial charge in [0.05, 0.1) is 18.3 Å². The summed E-state index contributed by atoms with van der Waals surface area (Å²) in [6.07, 6.45) is 7.90. The third kappa shape index (κ3) is 9.33. The van der Waals surface area contributed by atoms with Gasteiger partial charge in [-0.05, 0) is 57.2 Å². The minimum Gasteiger partial charge on any atom is -0.491 e. The average molecular weight is 467 g/mol. The highest BCUT2D eigenvalue weighted by Crippen LogP contribution is 2.36. The Balaban J connectivity index is 1.78. The number of benzene rings is 1. The molecule has 0 unspecified atom stereocenters. The van der Waals surface area contributed by atoms with E-state index in [9.17, 15) is 20.1 Å². The van der Waals surface area contributed by atoms with Crippen LogP contribution >= 0.6 is 11.6 Å². The van der Waals surface area contributed by atoms with Gasteiger partial charge in [0.2, 0.25) is 0 Å². The number of aliphatic hydroxyl groups is 3. The Morgan fingerprint density at radius 1 is 1.25 bits per heavy atom. The van der Waals surface area contributed by atoms with E-state index in [1.54, 1.807) is 36.4 Å². The fraction of sp³-hybridized carbons (Fsp3) is 0.560. The second-order valence-corrected chi connectivity index (χ2v) is 8.91. The highest BCUT2D eigenvalue weighted by atomic mass is 35.5. The predicted molar refractivity (Wildman–Crippen MR) is 125 cm³/mol. The van der Waals surface area contributed by atoms with Gasteiger partial charge in [0, 0.05) is 23.8 Å². The van der Waals surface area contributed by atoms with Gasteiger partial charge in [0.25, 0.3) is 0 Å². The van der Waals surface area contributed by atoms with Gasteiger partial charge in [0.15, 0.2) is 0 Å². The maximum absolute atomic E-state index is 11.5. The molecule has 0 radical (unpaired) electrons. The minimum absolute atomic E-state index is 0.0615. The molecular weight excluding hydrogens is 432 g/mol. The molecule has 0 bridgehead atoms. The van der Waals surface area contributed by atoms with Gasteiger partial charge in [-0.15, -0.1) is 0 Å². The van der Waals surface area contributed by atoms with Crippen molar-refractivity contribution < 1.29 is 29.6 Å². The monoisotopic (exact) mass is 466 g/mol. The van der Waals surface area contributed by atoms with Crippen LogP contribution in [0.1, 0.15) is 46.0 Å². The summed E-state index contributed by atoms with van der Waals surface area (Å²) in [5, 5.41) is 31.5. The molecule has 0 aromatic heterocycles. The molecule has 7 heteroatoms. The lowest BCUT2D eigenvalue weighted by Crippen LogP contribution is -2.21. The number of allylic oxidation sites excluding steroid dienone is 2. The summed E-state index contributed by atoms with van der Waals surface area (Å²) in [6.45, 7) is 3.72. The van der Waals surface area contributed by atoms with E-state index in [0.29, 0.717) is 36.5 Å². The van der Waals surface area contributed by atoms with Crippen molar-refractivity contribution in [3.63, 3.8) is 0 Å². The Kier molecular flexibility index (Phi) is 11.2. The second kappa shape index (κ2) is 13.6. The molecule has 0 aliphatic heterocycles. The van der Waals surface area contributed by atoms with Crippen LogP contribution in [0, 0.1) is 11.8 Å². The van der Waals surface area contributed by atoms with Crippen LogP contribution in [0.3, 0.4) is 0 Å². The zero-order valence-electron chi connectivity index (χ0n) is 18.8. The van der Waals surface area contributed by atoms with Gasteiger partial charge in [-0.25, -0.2) is 0 Å². The van der Waals surface area contributed by atoms with Crippen molar-refractivity contribution in [1.29, 1.82) is 0 Å². The number of esters is 1. The third-order valence-electron chi connectivity index (χ3n) is 5.38. The SMILES string of the molecule is CC(C)OC(=O)CCC/C=C\C[C@@H]1[C@@H](/C=C/[C@@H](O)COc2cccc(Cl)c2)[C@H](O)C[C@@H]1O. The van der Waals surface area contributed by atoms with Crippen LogP contribution < -0.4 is 4.74 Å². The van der Waals surface area contributed by atoms with Crippen molar-refractivity contribution >= 4 is 17.6 Å². The van der Waals surface area contributed by atoms with E-state index < -0.39 is 18.3 Å². The van der Waals surface area contributed by atoms with Gasteiger partial charge < -0.3 is 24.8 Å². The number of hydrogen-bond donors (Lipinski definition) is 3. The van der Waals surface area contributed by atoms with Gasteiger partial charge in [-0.2, -0.15) is 0 Å². The maximum Gasteiger partial charge on any atom is 0.306 e. The van der Waals surface area contributed by atoms with Crippen LogP contribution in [0.25, 0.3) is 0 Å². The molecule has 0 saturated heterocycles. The van der Waals surface area contributed by atoms with Crippen LogP contribution in [0.15, 0.2) is 48.6 Å². The molecule has 1 fully saturated rings. The molecule has 6 nitrogen and oxygen atoms in total. The Morgan fingerprint density at radius 2 is 2.03 bits per heavy atom. The lowest BCUT2D eigenvalue weighted by Gasteiger charge is -2.19. The molecule has 2 rings (SSSR count). The zero-order chi connectivity index (χ0) is 23.5. The fourth-order valence-corrected chi connectivity index (χ4v) is 3.99. The van der Waals surface area contributed by atoms with Crippen LogP contribution in [0.5, 0.6) is 5.75 Å². The lowest BCUT2D eigenvalue weighted by atomic mass is 9.89. The number of carbonyl (C=O) groups excluding carboxylic acids is 1. The first kappa shape index (κ1) is 26.4. The summed E-state index contributed by atoms with van der Waals surface area (Å²) >= 11 is 5.92. The molecule has 1 aliphatic carbocycles. The van der Waals surface area contributed by atoms with Crippen LogP contribution in [-0.4, -0.2) is 52.3 Å². The molecule has 1 aromatic carbocycles. The first-order valence-electron chi connectivity index (χ1n) is 11.2. The zero-order valence-corrected chi connectivity index (χ0v) is 19.5. The van der Waals surface area contributed by atoms with E-state index in [2.05, 4.69) is 0 Å². The summed E-state index contributed by atoms with van der Waals surface area (Å²) in [4.78, 5) is 11.5. The molecule has 3 N–H and O–H groups in total. The second-order valence-electron chi connectivity index (χ2n) is 8.47. The number of ether oxygens (including phenoxy) is 2. The number of unbranched alkanes of at least 4 members (excludes halogenated alkanes) is 1. The van der Waals surface area contributed by atoms with E-state index >= 15 is 0 Å². The van der Waals surface area contributed by atoms with Gasteiger partial charge >= 0.3 is 5.97 Å². The molecule has 0 amide bonds. The fourth-order valence-electron chi connectivity index (χ4n) is 3.81. The first-order valence-corrected chi connectivity index (χ1v) is 11.6. The third-order valence-corrected chi connectivity index (χ3v) is 5.62. The van der Waals surface area contributed by atoms with Crippen molar-refractivity contribution in [2.45, 2.75) is 70.4 Å². The number of halogens is 1. The molecule has 1 saturated carbocycles. The summed E-state index contributed by atoms with van der Waals surface area (Å²) < 4.78 is 10.6. The molecule has 0 spiro atoms. The summed E-state index contributed by atoms with van der Waals surface area (Å²) in [5.41, 5.74) is 0. The normalized spacial score (nSPS) is 24.5. The van der Waals surface area contributed by atoms with Gasteiger partial charge in [-0.3, -0.25) is 4.79 Å². The molecular formula is C25H35ClO6. The van der Waals surface area contributed by atoms with Crippen LogP contribution in [0.2, 0.25) is 5.02 Å². The van der Waals surface area contributed by atoms with E-state index in [0.717, 1.165) is 6.42 Å². The maximum atomic E-state index is 11.5. The van der Waals surface area contributed by atoms with E-state index in [1.807, 2.05) is 26.0 Å². The quantitative estimate of drug-likeness (QED) is 0.244. The minimum atomic E-state index is -0.847. The summed E-state index contributed by atoms with van der Waals surface area (Å²) in [5.74, 6) is -0.00598. The highest BCUT2D eigenvalue weighted by molar-refractivity contribution is 6.30. The topological polar surface area (TPSA) is 96.2 Å². The molecule has 1 aromatic rings. The molecule has 178 valence electrons. The van der Waals surface area contributed by atoms with Crippen molar-refractivity contribution in [1.82, 2.24) is 0 Å². The lowest BCUT2D eigenvalue weighted by molar-refractivity contribution is -0.147. The smallest absolute Gasteiger partial charge is 0.306 e. The molecule has 5 atom stereocenters.